The van der Waals surface area contributed by atoms with Gasteiger partial charge in [-0.15, -0.1) is 0 Å². The second-order valence-electron chi connectivity index (χ2n) is 5.39. The molecule has 0 radical (unpaired) electrons. The summed E-state index contributed by atoms with van der Waals surface area (Å²) in [7, 11) is 0. The molecule has 3 N–H and O–H groups in total. The predicted octanol–water partition coefficient (Wildman–Crippen LogP) is 3.47. The maximum absolute atomic E-state index is 5.81. The van der Waals surface area contributed by atoms with Crippen LogP contribution in [0.25, 0.3) is 10.2 Å². The molecule has 1 saturated heterocycles. The molecule has 2 heterocycles. The van der Waals surface area contributed by atoms with Gasteiger partial charge in [-0.25, -0.2) is 9.99 Å². The smallest absolute Gasteiger partial charge is 0.198 e. The van der Waals surface area contributed by atoms with Gasteiger partial charge in [0.1, 0.15) is 0 Å². The summed E-state index contributed by atoms with van der Waals surface area (Å²) in [6.07, 6.45) is 3.81. The van der Waals surface area contributed by atoms with Crippen LogP contribution in [0.3, 0.4) is 0 Å². The van der Waals surface area contributed by atoms with E-state index >= 15 is 0 Å². The number of anilines is 2. The van der Waals surface area contributed by atoms with Gasteiger partial charge in [-0.05, 0) is 44.9 Å². The molecule has 3 rings (SSSR count). The van der Waals surface area contributed by atoms with Crippen LogP contribution in [0.15, 0.2) is 18.2 Å². The molecule has 1 aliphatic rings. The van der Waals surface area contributed by atoms with Gasteiger partial charge in [-0.2, -0.15) is 0 Å². The molecule has 1 aromatic heterocycles. The second kappa shape index (κ2) is 4.98. The van der Waals surface area contributed by atoms with Gasteiger partial charge in [0.25, 0.3) is 0 Å². The van der Waals surface area contributed by atoms with Crippen molar-refractivity contribution >= 4 is 32.4 Å². The van der Waals surface area contributed by atoms with Gasteiger partial charge in [0, 0.05) is 17.8 Å². The van der Waals surface area contributed by atoms with E-state index in [0.29, 0.717) is 12.1 Å². The van der Waals surface area contributed by atoms with Crippen molar-refractivity contribution in [3.63, 3.8) is 0 Å². The average Bonchev–Trinajstić information content (AvgIpc) is 2.75. The van der Waals surface area contributed by atoms with Crippen molar-refractivity contribution in [1.82, 2.24) is 9.99 Å². The number of nitrogens with one attached hydrogen (secondary N) is 1. The van der Waals surface area contributed by atoms with Gasteiger partial charge in [0.2, 0.25) is 0 Å². The molecule has 0 saturated carbocycles. The third-order valence-corrected chi connectivity index (χ3v) is 4.75. The average molecular weight is 276 g/mol. The molecule has 0 amide bonds. The lowest BCUT2D eigenvalue weighted by Crippen LogP contribution is -2.47. The van der Waals surface area contributed by atoms with Crippen LogP contribution in [0.2, 0.25) is 0 Å². The Hall–Kier alpha value is -1.33. The standard InChI is InChI=1S/C14H20N4S/c1-9-4-3-5-10(2)18(9)17-14-16-12-7-6-11(15)8-13(12)19-14/h6-10H,3-5,15H2,1-2H3,(H,16,17). The van der Waals surface area contributed by atoms with Gasteiger partial charge in [-0.1, -0.05) is 17.8 Å². The number of nitrogens with two attached hydrogens (primary N) is 1. The highest BCUT2D eigenvalue weighted by Crippen LogP contribution is 2.30. The fourth-order valence-corrected chi connectivity index (χ4v) is 3.66. The molecule has 2 atom stereocenters. The Bertz CT molecular complexity index is 570. The normalized spacial score (nSPS) is 24.7. The molecule has 1 aromatic carbocycles. The molecule has 2 aromatic rings. The largest absolute Gasteiger partial charge is 0.399 e. The van der Waals surface area contributed by atoms with Crippen molar-refractivity contribution < 1.29 is 0 Å². The van der Waals surface area contributed by atoms with Crippen molar-refractivity contribution in [2.75, 3.05) is 11.2 Å². The highest BCUT2D eigenvalue weighted by atomic mass is 32.1. The van der Waals surface area contributed by atoms with Crippen LogP contribution in [0.1, 0.15) is 33.1 Å². The van der Waals surface area contributed by atoms with E-state index in [0.717, 1.165) is 21.0 Å². The molecule has 102 valence electrons. The van der Waals surface area contributed by atoms with Gasteiger partial charge < -0.3 is 5.73 Å². The molecule has 5 heteroatoms. The first-order valence-electron chi connectivity index (χ1n) is 6.84. The van der Waals surface area contributed by atoms with Gasteiger partial charge in [0.15, 0.2) is 5.13 Å². The molecule has 19 heavy (non-hydrogen) atoms. The summed E-state index contributed by atoms with van der Waals surface area (Å²) in [5.41, 5.74) is 11.1. The first kappa shape index (κ1) is 12.7. The van der Waals surface area contributed by atoms with E-state index in [-0.39, 0.29) is 0 Å². The number of thiazole rings is 1. The Morgan fingerprint density at radius 2 is 2.05 bits per heavy atom. The number of nitrogens with zero attached hydrogens (tertiary/aromatic N) is 2. The van der Waals surface area contributed by atoms with Crippen LogP contribution >= 0.6 is 11.3 Å². The van der Waals surface area contributed by atoms with Gasteiger partial charge >= 0.3 is 0 Å². The number of nitrogen functional groups attached to an aromatic ring is 1. The Kier molecular flexibility index (Phi) is 3.33. The van der Waals surface area contributed by atoms with Crippen LogP contribution in [-0.2, 0) is 0 Å². The zero-order valence-corrected chi connectivity index (χ0v) is 12.2. The second-order valence-corrected chi connectivity index (χ2v) is 6.42. The van der Waals surface area contributed by atoms with E-state index < -0.39 is 0 Å². The Morgan fingerprint density at radius 1 is 1.32 bits per heavy atom. The molecule has 1 fully saturated rings. The van der Waals surface area contributed by atoms with E-state index in [1.165, 1.54) is 19.3 Å². The lowest BCUT2D eigenvalue weighted by Gasteiger charge is -2.38. The number of rotatable bonds is 2. The minimum Gasteiger partial charge on any atom is -0.399 e. The van der Waals surface area contributed by atoms with Crippen LogP contribution in [0, 0.1) is 0 Å². The summed E-state index contributed by atoms with van der Waals surface area (Å²) < 4.78 is 1.14. The number of benzene rings is 1. The predicted molar refractivity (Wildman–Crippen MR) is 82.3 cm³/mol. The summed E-state index contributed by atoms with van der Waals surface area (Å²) in [4.78, 5) is 4.63. The lowest BCUT2D eigenvalue weighted by molar-refractivity contribution is 0.136. The number of hydrogen-bond acceptors (Lipinski definition) is 5. The van der Waals surface area contributed by atoms with E-state index in [1.54, 1.807) is 11.3 Å². The molecule has 0 bridgehead atoms. The van der Waals surface area contributed by atoms with Crippen LogP contribution in [-0.4, -0.2) is 22.1 Å². The lowest BCUT2D eigenvalue weighted by atomic mass is 10.00. The van der Waals surface area contributed by atoms with Crippen molar-refractivity contribution in [1.29, 1.82) is 0 Å². The van der Waals surface area contributed by atoms with Crippen molar-refractivity contribution in [3.8, 4) is 0 Å². The highest BCUT2D eigenvalue weighted by molar-refractivity contribution is 7.22. The third kappa shape index (κ3) is 2.53. The van der Waals surface area contributed by atoms with Crippen LogP contribution in [0.4, 0.5) is 10.8 Å². The summed E-state index contributed by atoms with van der Waals surface area (Å²) in [5.74, 6) is 0. The minimum atomic E-state index is 0.556. The Morgan fingerprint density at radius 3 is 2.79 bits per heavy atom. The zero-order valence-electron chi connectivity index (χ0n) is 11.4. The monoisotopic (exact) mass is 276 g/mol. The van der Waals surface area contributed by atoms with Crippen molar-refractivity contribution in [2.24, 2.45) is 0 Å². The van der Waals surface area contributed by atoms with E-state index in [9.17, 15) is 0 Å². The van der Waals surface area contributed by atoms with E-state index in [4.69, 9.17) is 5.73 Å². The van der Waals surface area contributed by atoms with Crippen LogP contribution in [0.5, 0.6) is 0 Å². The Labute approximate surface area is 117 Å². The molecule has 0 spiro atoms. The molecule has 0 aliphatic carbocycles. The maximum Gasteiger partial charge on any atom is 0.198 e. The quantitative estimate of drug-likeness (QED) is 0.825. The highest BCUT2D eigenvalue weighted by Gasteiger charge is 2.25. The molecule has 4 nitrogen and oxygen atoms in total. The maximum atomic E-state index is 5.81. The minimum absolute atomic E-state index is 0.556. The number of hydrazine groups is 1. The number of aromatic nitrogens is 1. The van der Waals surface area contributed by atoms with E-state index in [2.05, 4.69) is 29.3 Å². The van der Waals surface area contributed by atoms with Crippen molar-refractivity contribution in [2.45, 2.75) is 45.2 Å². The topological polar surface area (TPSA) is 54.2 Å². The zero-order chi connectivity index (χ0) is 13.4. The molecule has 2 unspecified atom stereocenters. The SMILES string of the molecule is CC1CCCC(C)N1Nc1nc2ccc(N)cc2s1. The fraction of sp³-hybridized carbons (Fsp3) is 0.500. The number of fused-ring (bicyclic) bond motifs is 1. The number of piperidine rings is 1. The Balaban J connectivity index is 1.84. The molecule has 1 aliphatic heterocycles. The van der Waals surface area contributed by atoms with Crippen molar-refractivity contribution in [3.05, 3.63) is 18.2 Å². The summed E-state index contributed by atoms with van der Waals surface area (Å²) >= 11 is 1.67. The van der Waals surface area contributed by atoms with E-state index in [1.807, 2.05) is 18.2 Å². The van der Waals surface area contributed by atoms with Gasteiger partial charge in [0.05, 0.1) is 10.2 Å². The van der Waals surface area contributed by atoms with Crippen LogP contribution < -0.4 is 11.2 Å². The third-order valence-electron chi connectivity index (χ3n) is 3.83. The first-order valence-corrected chi connectivity index (χ1v) is 7.66. The summed E-state index contributed by atoms with van der Waals surface area (Å²) in [6, 6.07) is 6.98. The molecular formula is C14H20N4S. The summed E-state index contributed by atoms with van der Waals surface area (Å²) in [5, 5.41) is 3.30. The number of hydrogen-bond donors (Lipinski definition) is 2. The first-order chi connectivity index (χ1) is 9.13. The molecular weight excluding hydrogens is 256 g/mol. The summed E-state index contributed by atoms with van der Waals surface area (Å²) in [6.45, 7) is 4.54. The van der Waals surface area contributed by atoms with Gasteiger partial charge in [-0.3, -0.25) is 5.43 Å². The fourth-order valence-electron chi connectivity index (χ4n) is 2.74.